The molecule has 0 saturated heterocycles. The molecule has 0 bridgehead atoms. The van der Waals surface area contributed by atoms with Crippen LogP contribution in [0, 0.1) is 6.92 Å². The first-order valence-electron chi connectivity index (χ1n) is 7.71. The van der Waals surface area contributed by atoms with Crippen molar-refractivity contribution >= 4 is 34.2 Å². The van der Waals surface area contributed by atoms with Crippen LogP contribution in [0.1, 0.15) is 11.1 Å². The number of aryl methyl sites for hydroxylation is 1. The molecule has 2 aromatic carbocycles. The Balaban J connectivity index is 0.00000146. The molecule has 24 heavy (non-hydrogen) atoms. The molecule has 4 aromatic rings. The maximum atomic E-state index is 5.91. The first kappa shape index (κ1) is 14.9. The van der Waals surface area contributed by atoms with Crippen LogP contribution >= 0.6 is 12.4 Å². The molecule has 0 saturated carbocycles. The summed E-state index contributed by atoms with van der Waals surface area (Å²) in [4.78, 5) is 9.44. The molecule has 0 atom stereocenters. The predicted octanol–water partition coefficient (Wildman–Crippen LogP) is 5.07. The van der Waals surface area contributed by atoms with Gasteiger partial charge in [0.25, 0.3) is 0 Å². The third-order valence-electron chi connectivity index (χ3n) is 4.42. The monoisotopic (exact) mass is 334 g/mol. The summed E-state index contributed by atoms with van der Waals surface area (Å²) in [6.45, 7) is 2.65. The lowest BCUT2D eigenvalue weighted by Gasteiger charge is -2.21. The van der Waals surface area contributed by atoms with Crippen LogP contribution in [0.2, 0.25) is 0 Å². The van der Waals surface area contributed by atoms with Gasteiger partial charge in [0.2, 0.25) is 0 Å². The molecular formula is C20H15ClN2O. The Kier molecular flexibility index (Phi) is 3.39. The zero-order chi connectivity index (χ0) is 15.4. The number of aromatic nitrogens is 2. The summed E-state index contributed by atoms with van der Waals surface area (Å²) in [5.74, 6) is 0.906. The highest BCUT2D eigenvalue weighted by molar-refractivity contribution is 6.05. The van der Waals surface area contributed by atoms with Gasteiger partial charge in [-0.25, -0.2) is 4.98 Å². The lowest BCUT2D eigenvalue weighted by Crippen LogP contribution is -2.07. The average Bonchev–Trinajstić information content (AvgIpc) is 2.60. The van der Waals surface area contributed by atoms with E-state index in [1.807, 2.05) is 30.5 Å². The van der Waals surface area contributed by atoms with Gasteiger partial charge in [0.1, 0.15) is 12.4 Å². The van der Waals surface area contributed by atoms with Crippen molar-refractivity contribution in [1.29, 1.82) is 0 Å². The van der Waals surface area contributed by atoms with Gasteiger partial charge in [0.05, 0.1) is 22.9 Å². The number of hydrogen-bond donors (Lipinski definition) is 0. The predicted molar refractivity (Wildman–Crippen MR) is 98.8 cm³/mol. The third kappa shape index (κ3) is 2.13. The van der Waals surface area contributed by atoms with Gasteiger partial charge in [-0.15, -0.1) is 12.4 Å². The number of pyridine rings is 2. The molecule has 1 aliphatic rings. The number of rotatable bonds is 0. The summed E-state index contributed by atoms with van der Waals surface area (Å²) >= 11 is 0. The Morgan fingerprint density at radius 1 is 0.958 bits per heavy atom. The number of para-hydroxylation sites is 1. The van der Waals surface area contributed by atoms with E-state index in [9.17, 15) is 0 Å². The maximum Gasteiger partial charge on any atom is 0.129 e. The van der Waals surface area contributed by atoms with Gasteiger partial charge >= 0.3 is 0 Å². The maximum absolute atomic E-state index is 5.91. The van der Waals surface area contributed by atoms with Crippen molar-refractivity contribution in [2.24, 2.45) is 0 Å². The Labute approximate surface area is 145 Å². The molecular weight excluding hydrogens is 320 g/mol. The molecule has 0 unspecified atom stereocenters. The highest BCUT2D eigenvalue weighted by atomic mass is 35.5. The zero-order valence-corrected chi connectivity index (χ0v) is 13.9. The molecule has 0 fully saturated rings. The van der Waals surface area contributed by atoms with E-state index in [0.717, 1.165) is 44.4 Å². The lowest BCUT2D eigenvalue weighted by molar-refractivity contribution is 0.301. The van der Waals surface area contributed by atoms with Crippen LogP contribution in [0.25, 0.3) is 33.1 Å². The van der Waals surface area contributed by atoms with E-state index in [-0.39, 0.29) is 12.4 Å². The smallest absolute Gasteiger partial charge is 0.129 e. The SMILES string of the molecule is Cc1ccc2c(c1)-c1nc3cnc4ccccc4c3cc1CO2.Cl. The normalized spacial score (nSPS) is 12.2. The third-order valence-corrected chi connectivity index (χ3v) is 4.42. The largest absolute Gasteiger partial charge is 0.488 e. The summed E-state index contributed by atoms with van der Waals surface area (Å²) < 4.78 is 5.91. The Morgan fingerprint density at radius 2 is 1.83 bits per heavy atom. The van der Waals surface area contributed by atoms with Crippen LogP contribution in [-0.4, -0.2) is 9.97 Å². The summed E-state index contributed by atoms with van der Waals surface area (Å²) in [6.07, 6.45) is 1.86. The molecule has 5 rings (SSSR count). The number of halogens is 1. The molecule has 3 heterocycles. The van der Waals surface area contributed by atoms with Crippen molar-refractivity contribution in [3.8, 4) is 17.0 Å². The molecule has 0 N–H and O–H groups in total. The Hall–Kier alpha value is -2.65. The molecule has 0 amide bonds. The van der Waals surface area contributed by atoms with Gasteiger partial charge in [-0.3, -0.25) is 4.98 Å². The first-order chi connectivity index (χ1) is 11.3. The van der Waals surface area contributed by atoms with Crippen LogP contribution in [0.15, 0.2) is 54.7 Å². The van der Waals surface area contributed by atoms with Crippen molar-refractivity contribution in [3.63, 3.8) is 0 Å². The van der Waals surface area contributed by atoms with Gasteiger partial charge in [0, 0.05) is 21.9 Å². The minimum Gasteiger partial charge on any atom is -0.488 e. The lowest BCUT2D eigenvalue weighted by atomic mass is 9.98. The molecule has 2 aromatic heterocycles. The summed E-state index contributed by atoms with van der Waals surface area (Å²) in [7, 11) is 0. The van der Waals surface area contributed by atoms with Crippen LogP contribution < -0.4 is 4.74 Å². The van der Waals surface area contributed by atoms with E-state index in [2.05, 4.69) is 36.2 Å². The van der Waals surface area contributed by atoms with Crippen molar-refractivity contribution < 1.29 is 4.74 Å². The fourth-order valence-electron chi connectivity index (χ4n) is 3.28. The van der Waals surface area contributed by atoms with Crippen molar-refractivity contribution in [2.45, 2.75) is 13.5 Å². The molecule has 0 radical (unpaired) electrons. The molecule has 0 aliphatic carbocycles. The van der Waals surface area contributed by atoms with Crippen LogP contribution in [0.3, 0.4) is 0 Å². The standard InChI is InChI=1S/C20H14N2O.ClH/c1-12-6-7-19-16(8-12)20-13(11-23-19)9-15-14-4-2-3-5-17(14)21-10-18(15)22-20;/h2-10H,11H2,1H3;1H. The first-order valence-corrected chi connectivity index (χ1v) is 7.71. The van der Waals surface area contributed by atoms with E-state index in [1.54, 1.807) is 0 Å². The van der Waals surface area contributed by atoms with Gasteiger partial charge in [-0.1, -0.05) is 29.8 Å². The fraction of sp³-hybridized carbons (Fsp3) is 0.100. The Morgan fingerprint density at radius 3 is 2.75 bits per heavy atom. The van der Waals surface area contributed by atoms with Crippen molar-refractivity contribution in [1.82, 2.24) is 9.97 Å². The fourth-order valence-corrected chi connectivity index (χ4v) is 3.28. The summed E-state index contributed by atoms with van der Waals surface area (Å²) in [5, 5.41) is 2.27. The minimum absolute atomic E-state index is 0. The van der Waals surface area contributed by atoms with E-state index < -0.39 is 0 Å². The van der Waals surface area contributed by atoms with Crippen LogP contribution in [-0.2, 0) is 6.61 Å². The second-order valence-corrected chi connectivity index (χ2v) is 5.99. The highest BCUT2D eigenvalue weighted by Gasteiger charge is 2.20. The molecule has 1 aliphatic heterocycles. The van der Waals surface area contributed by atoms with Gasteiger partial charge in [-0.2, -0.15) is 0 Å². The van der Waals surface area contributed by atoms with Crippen molar-refractivity contribution in [3.05, 3.63) is 65.9 Å². The number of ether oxygens (including phenoxy) is 1. The molecule has 0 spiro atoms. The summed E-state index contributed by atoms with van der Waals surface area (Å²) in [6, 6.07) is 16.6. The Bertz CT molecular complexity index is 1090. The number of nitrogens with zero attached hydrogens (tertiary/aromatic N) is 2. The minimum atomic E-state index is 0. The number of benzene rings is 2. The molecule has 4 heteroatoms. The van der Waals surface area contributed by atoms with E-state index in [0.29, 0.717) is 6.61 Å². The second kappa shape index (κ2) is 5.46. The summed E-state index contributed by atoms with van der Waals surface area (Å²) in [5.41, 5.74) is 6.35. The molecule has 118 valence electrons. The van der Waals surface area contributed by atoms with Crippen LogP contribution in [0.5, 0.6) is 5.75 Å². The van der Waals surface area contributed by atoms with Gasteiger partial charge in [-0.05, 0) is 31.2 Å². The van der Waals surface area contributed by atoms with Gasteiger partial charge in [0.15, 0.2) is 0 Å². The second-order valence-electron chi connectivity index (χ2n) is 5.99. The van der Waals surface area contributed by atoms with Gasteiger partial charge < -0.3 is 4.74 Å². The van der Waals surface area contributed by atoms with E-state index in [1.165, 1.54) is 5.56 Å². The highest BCUT2D eigenvalue weighted by Crippen LogP contribution is 2.38. The average molecular weight is 335 g/mol. The topological polar surface area (TPSA) is 35.0 Å². The zero-order valence-electron chi connectivity index (χ0n) is 13.1. The number of fused-ring (bicyclic) bond motifs is 6. The van der Waals surface area contributed by atoms with Crippen LogP contribution in [0.4, 0.5) is 0 Å². The van der Waals surface area contributed by atoms with Crippen molar-refractivity contribution in [2.75, 3.05) is 0 Å². The molecule has 3 nitrogen and oxygen atoms in total. The van der Waals surface area contributed by atoms with E-state index >= 15 is 0 Å². The van der Waals surface area contributed by atoms with E-state index in [4.69, 9.17) is 9.72 Å². The number of hydrogen-bond acceptors (Lipinski definition) is 3. The quantitative estimate of drug-likeness (QED) is 0.421.